The summed E-state index contributed by atoms with van der Waals surface area (Å²) in [6.07, 6.45) is 10.1. The number of hydrogen-bond acceptors (Lipinski definition) is 2. The van der Waals surface area contributed by atoms with E-state index in [2.05, 4.69) is 0 Å². The van der Waals surface area contributed by atoms with E-state index in [0.29, 0.717) is 0 Å². The molecule has 0 radical (unpaired) electrons. The van der Waals surface area contributed by atoms with E-state index in [0.717, 1.165) is 26.1 Å². The molecule has 1 fully saturated rings. The Morgan fingerprint density at radius 2 is 1.79 bits per heavy atom. The average Bonchev–Trinajstić information content (AvgIpc) is 2.39. The lowest BCUT2D eigenvalue weighted by atomic mass is 9.87. The molecule has 0 bridgehead atoms. The van der Waals surface area contributed by atoms with Crippen molar-refractivity contribution in [3.63, 3.8) is 0 Å². The quantitative estimate of drug-likeness (QED) is 0.546. The third-order valence-electron chi connectivity index (χ3n) is 3.27. The first-order valence-corrected chi connectivity index (χ1v) is 6.13. The third kappa shape index (κ3) is 4.43. The van der Waals surface area contributed by atoms with Gasteiger partial charge in [0, 0.05) is 18.8 Å². The molecule has 0 saturated heterocycles. The molecule has 0 amide bonds. The molecule has 0 spiro atoms. The van der Waals surface area contributed by atoms with Crippen LogP contribution in [0.5, 0.6) is 0 Å². The molecule has 0 atom stereocenters. The van der Waals surface area contributed by atoms with Crippen LogP contribution in [-0.2, 0) is 4.74 Å². The zero-order valence-corrected chi connectivity index (χ0v) is 9.56. The molecule has 0 aromatic heterocycles. The summed E-state index contributed by atoms with van der Waals surface area (Å²) in [7, 11) is 0. The van der Waals surface area contributed by atoms with Crippen LogP contribution in [0.25, 0.3) is 0 Å². The number of rotatable bonds is 5. The molecule has 1 aliphatic rings. The molecule has 1 saturated carbocycles. The van der Waals surface area contributed by atoms with E-state index in [-0.39, 0.29) is 5.54 Å². The number of hydrogen-bond donors (Lipinski definition) is 1. The van der Waals surface area contributed by atoms with E-state index >= 15 is 0 Å². The van der Waals surface area contributed by atoms with Gasteiger partial charge in [-0.3, -0.25) is 0 Å². The highest BCUT2D eigenvalue weighted by atomic mass is 16.5. The van der Waals surface area contributed by atoms with Crippen molar-refractivity contribution >= 4 is 0 Å². The van der Waals surface area contributed by atoms with Crippen LogP contribution in [0.1, 0.15) is 58.3 Å². The average molecular weight is 199 g/mol. The van der Waals surface area contributed by atoms with Gasteiger partial charge in [0.15, 0.2) is 0 Å². The van der Waals surface area contributed by atoms with Crippen LogP contribution in [0.3, 0.4) is 0 Å². The van der Waals surface area contributed by atoms with Crippen molar-refractivity contribution in [1.82, 2.24) is 0 Å². The zero-order valence-electron chi connectivity index (χ0n) is 9.56. The highest BCUT2D eigenvalue weighted by Crippen LogP contribution is 2.28. The van der Waals surface area contributed by atoms with Crippen molar-refractivity contribution in [2.45, 2.75) is 63.8 Å². The Balaban J connectivity index is 2.17. The maximum Gasteiger partial charge on any atom is 0.0466 e. The number of nitrogens with two attached hydrogens (primary N) is 1. The van der Waals surface area contributed by atoms with E-state index in [9.17, 15) is 0 Å². The number of ether oxygens (including phenoxy) is 1. The van der Waals surface area contributed by atoms with Gasteiger partial charge in [0.25, 0.3) is 0 Å². The fourth-order valence-corrected chi connectivity index (χ4v) is 2.35. The van der Waals surface area contributed by atoms with Crippen LogP contribution in [0.2, 0.25) is 0 Å². The van der Waals surface area contributed by atoms with E-state index in [4.69, 9.17) is 10.5 Å². The van der Waals surface area contributed by atoms with Gasteiger partial charge in [-0.05, 0) is 32.6 Å². The Hall–Kier alpha value is -0.0800. The first-order valence-electron chi connectivity index (χ1n) is 6.13. The van der Waals surface area contributed by atoms with E-state index in [1.165, 1.54) is 38.5 Å². The second-order valence-corrected chi connectivity index (χ2v) is 4.58. The van der Waals surface area contributed by atoms with Crippen molar-refractivity contribution < 1.29 is 4.74 Å². The molecule has 1 rings (SSSR count). The lowest BCUT2D eigenvalue weighted by molar-refractivity contribution is 0.135. The van der Waals surface area contributed by atoms with Crippen molar-refractivity contribution in [2.75, 3.05) is 13.2 Å². The second-order valence-electron chi connectivity index (χ2n) is 4.58. The summed E-state index contributed by atoms with van der Waals surface area (Å²) in [6.45, 7) is 3.76. The summed E-state index contributed by atoms with van der Waals surface area (Å²) in [4.78, 5) is 0. The smallest absolute Gasteiger partial charge is 0.0466 e. The molecule has 0 heterocycles. The van der Waals surface area contributed by atoms with Crippen molar-refractivity contribution in [1.29, 1.82) is 0 Å². The summed E-state index contributed by atoms with van der Waals surface area (Å²) in [5.41, 5.74) is 6.52. The molecule has 0 unspecified atom stereocenters. The van der Waals surface area contributed by atoms with Crippen LogP contribution in [0.15, 0.2) is 0 Å². The highest BCUT2D eigenvalue weighted by Gasteiger charge is 2.25. The Morgan fingerprint density at radius 3 is 2.36 bits per heavy atom. The van der Waals surface area contributed by atoms with Gasteiger partial charge in [0.05, 0.1) is 0 Å². The van der Waals surface area contributed by atoms with Gasteiger partial charge in [-0.15, -0.1) is 0 Å². The van der Waals surface area contributed by atoms with Crippen LogP contribution in [0.4, 0.5) is 0 Å². The monoisotopic (exact) mass is 199 g/mol. The summed E-state index contributed by atoms with van der Waals surface area (Å²) in [5, 5.41) is 0. The third-order valence-corrected chi connectivity index (χ3v) is 3.27. The molecule has 2 heteroatoms. The Bertz CT molecular complexity index is 139. The molecule has 84 valence electrons. The summed E-state index contributed by atoms with van der Waals surface area (Å²) in [5.74, 6) is 0. The Morgan fingerprint density at radius 1 is 1.14 bits per heavy atom. The highest BCUT2D eigenvalue weighted by molar-refractivity contribution is 4.85. The van der Waals surface area contributed by atoms with Gasteiger partial charge < -0.3 is 10.5 Å². The van der Waals surface area contributed by atoms with Gasteiger partial charge in [0.1, 0.15) is 0 Å². The molecule has 2 N–H and O–H groups in total. The summed E-state index contributed by atoms with van der Waals surface area (Å²) < 4.78 is 5.35. The topological polar surface area (TPSA) is 35.2 Å². The SMILES string of the molecule is CCOCCCC1(N)CCCCCC1. The summed E-state index contributed by atoms with van der Waals surface area (Å²) >= 11 is 0. The Kier molecular flexibility index (Phi) is 5.49. The molecular formula is C12H25NO. The normalized spacial score (nSPS) is 21.9. The minimum absolute atomic E-state index is 0.133. The van der Waals surface area contributed by atoms with E-state index in [1.807, 2.05) is 6.92 Å². The molecule has 14 heavy (non-hydrogen) atoms. The molecular weight excluding hydrogens is 174 g/mol. The fourth-order valence-electron chi connectivity index (χ4n) is 2.35. The maximum absolute atomic E-state index is 6.39. The largest absolute Gasteiger partial charge is 0.382 e. The molecule has 1 aliphatic carbocycles. The molecule has 0 aromatic carbocycles. The first kappa shape index (κ1) is 12.0. The lowest BCUT2D eigenvalue weighted by Crippen LogP contribution is -2.39. The Labute approximate surface area is 88.2 Å². The van der Waals surface area contributed by atoms with Gasteiger partial charge >= 0.3 is 0 Å². The molecule has 2 nitrogen and oxygen atoms in total. The minimum Gasteiger partial charge on any atom is -0.382 e. The van der Waals surface area contributed by atoms with Gasteiger partial charge in [0.2, 0.25) is 0 Å². The first-order chi connectivity index (χ1) is 6.77. The minimum atomic E-state index is 0.133. The zero-order chi connectivity index (χ0) is 10.3. The fraction of sp³-hybridized carbons (Fsp3) is 1.00. The predicted molar refractivity (Wildman–Crippen MR) is 60.3 cm³/mol. The van der Waals surface area contributed by atoms with Crippen molar-refractivity contribution in [3.8, 4) is 0 Å². The maximum atomic E-state index is 6.39. The van der Waals surface area contributed by atoms with Crippen LogP contribution in [-0.4, -0.2) is 18.8 Å². The van der Waals surface area contributed by atoms with E-state index < -0.39 is 0 Å². The second kappa shape index (κ2) is 6.41. The van der Waals surface area contributed by atoms with Crippen LogP contribution >= 0.6 is 0 Å². The standard InChI is InChI=1S/C12H25NO/c1-2-14-11-7-10-12(13)8-5-3-4-6-9-12/h2-11,13H2,1H3. The molecule has 0 aliphatic heterocycles. The van der Waals surface area contributed by atoms with Crippen LogP contribution < -0.4 is 5.73 Å². The van der Waals surface area contributed by atoms with Gasteiger partial charge in [-0.2, -0.15) is 0 Å². The van der Waals surface area contributed by atoms with Crippen molar-refractivity contribution in [2.24, 2.45) is 5.73 Å². The lowest BCUT2D eigenvalue weighted by Gasteiger charge is -2.27. The van der Waals surface area contributed by atoms with Gasteiger partial charge in [-0.25, -0.2) is 0 Å². The summed E-state index contributed by atoms with van der Waals surface area (Å²) in [6, 6.07) is 0. The van der Waals surface area contributed by atoms with E-state index in [1.54, 1.807) is 0 Å². The predicted octanol–water partition coefficient (Wildman–Crippen LogP) is 2.85. The van der Waals surface area contributed by atoms with Crippen LogP contribution in [0, 0.1) is 0 Å². The molecule has 0 aromatic rings. The van der Waals surface area contributed by atoms with Crippen molar-refractivity contribution in [3.05, 3.63) is 0 Å². The van der Waals surface area contributed by atoms with Gasteiger partial charge in [-0.1, -0.05) is 25.7 Å².